The Morgan fingerprint density at radius 1 is 1.12 bits per heavy atom. The topological polar surface area (TPSA) is 116 Å². The van der Waals surface area contributed by atoms with Crippen molar-refractivity contribution < 1.29 is 38.1 Å². The highest BCUT2D eigenvalue weighted by Crippen LogP contribution is 2.47. The molecule has 10 heteroatoms. The molecule has 138 valence electrons. The fourth-order valence-electron chi connectivity index (χ4n) is 2.59. The quantitative estimate of drug-likeness (QED) is 0.557. The van der Waals surface area contributed by atoms with E-state index in [-0.39, 0.29) is 13.1 Å². The predicted octanol–water partition coefficient (Wildman–Crippen LogP) is 1.01. The van der Waals surface area contributed by atoms with Crippen LogP contribution in [0.25, 0.3) is 0 Å². The van der Waals surface area contributed by atoms with Gasteiger partial charge in [-0.25, -0.2) is 23.2 Å². The Hall–Kier alpha value is -1.97. The number of rotatable bonds is 0. The average molecular weight is 352 g/mol. The van der Waals surface area contributed by atoms with Crippen molar-refractivity contribution in [2.45, 2.75) is 38.7 Å². The Balaban J connectivity index is 0.000000413. The van der Waals surface area contributed by atoms with Crippen molar-refractivity contribution in [3.63, 3.8) is 0 Å². The van der Waals surface area contributed by atoms with Crippen LogP contribution in [0.4, 0.5) is 13.6 Å². The summed E-state index contributed by atoms with van der Waals surface area (Å²) in [4.78, 5) is 31.2. The summed E-state index contributed by atoms with van der Waals surface area (Å²) in [6.07, 6.45) is -0.245. The number of nitrogens with zero attached hydrogens (tertiary/aromatic N) is 1. The number of alkyl halides is 2. The van der Waals surface area contributed by atoms with E-state index in [0.717, 1.165) is 4.90 Å². The first-order valence-electron chi connectivity index (χ1n) is 7.32. The van der Waals surface area contributed by atoms with Crippen molar-refractivity contribution in [3.05, 3.63) is 0 Å². The normalized spacial score (nSPS) is 25.1. The van der Waals surface area contributed by atoms with E-state index in [2.05, 4.69) is 5.32 Å². The highest BCUT2D eigenvalue weighted by atomic mass is 19.3. The molecule has 2 rings (SSSR count). The summed E-state index contributed by atoms with van der Waals surface area (Å²) in [6, 6.07) is 0. The van der Waals surface area contributed by atoms with Crippen LogP contribution >= 0.6 is 0 Å². The van der Waals surface area contributed by atoms with Crippen molar-refractivity contribution in [1.29, 1.82) is 0 Å². The SMILES string of the molecule is CC(C)(C)OC(=O)N1CC(F)(F)C2(CCNC2)C1.O=C(O)C(=O)O. The van der Waals surface area contributed by atoms with Gasteiger partial charge in [0.25, 0.3) is 5.92 Å². The maximum atomic E-state index is 14.1. The van der Waals surface area contributed by atoms with Gasteiger partial charge in [-0.05, 0) is 33.7 Å². The molecule has 1 amide bonds. The molecule has 8 nitrogen and oxygen atoms in total. The van der Waals surface area contributed by atoms with Crippen molar-refractivity contribution in [2.75, 3.05) is 26.2 Å². The van der Waals surface area contributed by atoms with E-state index in [0.29, 0.717) is 13.0 Å². The molecular weight excluding hydrogens is 330 g/mol. The fraction of sp³-hybridized carbons (Fsp3) is 0.786. The third kappa shape index (κ3) is 4.76. The first-order valence-corrected chi connectivity index (χ1v) is 7.32. The molecule has 3 N–H and O–H groups in total. The van der Waals surface area contributed by atoms with Crippen LogP contribution in [0.3, 0.4) is 0 Å². The largest absolute Gasteiger partial charge is 0.473 e. The maximum absolute atomic E-state index is 14.1. The zero-order chi connectivity index (χ0) is 18.8. The van der Waals surface area contributed by atoms with E-state index in [9.17, 15) is 13.6 Å². The van der Waals surface area contributed by atoms with E-state index in [1.54, 1.807) is 20.8 Å². The second-order valence-electron chi connectivity index (χ2n) is 6.86. The summed E-state index contributed by atoms with van der Waals surface area (Å²) in [5, 5.41) is 17.7. The molecule has 1 unspecified atom stereocenters. The molecule has 0 radical (unpaired) electrons. The van der Waals surface area contributed by atoms with Crippen LogP contribution in [0.5, 0.6) is 0 Å². The summed E-state index contributed by atoms with van der Waals surface area (Å²) >= 11 is 0. The van der Waals surface area contributed by atoms with Gasteiger partial charge in [-0.2, -0.15) is 0 Å². The third-order valence-corrected chi connectivity index (χ3v) is 3.74. The molecule has 0 aromatic rings. The standard InChI is InChI=1S/C12H20F2N2O2.C2H2O4/c1-10(2,3)18-9(17)16-7-11(4-5-15-6-11)12(13,14)8-16;3-1(4)2(5)6/h15H,4-8H2,1-3H3;(H,3,4)(H,5,6). The number of carboxylic acid groups (broad SMARTS) is 2. The van der Waals surface area contributed by atoms with Crippen molar-refractivity contribution in [3.8, 4) is 0 Å². The molecule has 2 saturated heterocycles. The number of carboxylic acids is 2. The number of ether oxygens (including phenoxy) is 1. The Morgan fingerprint density at radius 2 is 1.67 bits per heavy atom. The van der Waals surface area contributed by atoms with Crippen LogP contribution in [0, 0.1) is 5.41 Å². The van der Waals surface area contributed by atoms with Crippen LogP contribution < -0.4 is 5.32 Å². The van der Waals surface area contributed by atoms with Gasteiger partial charge >= 0.3 is 18.0 Å². The minimum Gasteiger partial charge on any atom is -0.473 e. The smallest absolute Gasteiger partial charge is 0.414 e. The van der Waals surface area contributed by atoms with Crippen molar-refractivity contribution >= 4 is 18.0 Å². The van der Waals surface area contributed by atoms with Gasteiger partial charge in [0.2, 0.25) is 0 Å². The number of amides is 1. The molecule has 24 heavy (non-hydrogen) atoms. The second kappa shape index (κ2) is 6.88. The lowest BCUT2D eigenvalue weighted by atomic mass is 9.83. The number of hydrogen-bond donors (Lipinski definition) is 3. The molecule has 1 spiro atoms. The Morgan fingerprint density at radius 3 is 2.04 bits per heavy atom. The number of carbonyl (C=O) groups is 3. The van der Waals surface area contributed by atoms with Gasteiger partial charge in [0, 0.05) is 13.1 Å². The minimum absolute atomic E-state index is 0.0713. The van der Waals surface area contributed by atoms with E-state index in [1.807, 2.05) is 0 Å². The summed E-state index contributed by atoms with van der Waals surface area (Å²) < 4.78 is 33.3. The third-order valence-electron chi connectivity index (χ3n) is 3.74. The van der Waals surface area contributed by atoms with Crippen LogP contribution in [0.2, 0.25) is 0 Å². The number of hydrogen-bond acceptors (Lipinski definition) is 5. The lowest BCUT2D eigenvalue weighted by Crippen LogP contribution is -2.41. The molecule has 2 aliphatic rings. The monoisotopic (exact) mass is 352 g/mol. The summed E-state index contributed by atoms with van der Waals surface area (Å²) in [5.74, 6) is -6.49. The van der Waals surface area contributed by atoms with Crippen LogP contribution in [-0.2, 0) is 14.3 Å². The highest BCUT2D eigenvalue weighted by Gasteiger charge is 2.62. The van der Waals surface area contributed by atoms with Crippen molar-refractivity contribution in [1.82, 2.24) is 10.2 Å². The van der Waals surface area contributed by atoms with E-state index in [4.69, 9.17) is 24.5 Å². The van der Waals surface area contributed by atoms with Crippen LogP contribution in [0.15, 0.2) is 0 Å². The predicted molar refractivity (Wildman–Crippen MR) is 77.9 cm³/mol. The number of halogens is 2. The number of aliphatic carboxylic acids is 2. The molecule has 0 aromatic carbocycles. The average Bonchev–Trinajstić information content (AvgIpc) is 2.95. The van der Waals surface area contributed by atoms with Gasteiger partial charge in [-0.1, -0.05) is 0 Å². The zero-order valence-corrected chi connectivity index (χ0v) is 13.8. The maximum Gasteiger partial charge on any atom is 0.414 e. The van der Waals surface area contributed by atoms with Gasteiger partial charge in [-0.15, -0.1) is 0 Å². The van der Waals surface area contributed by atoms with Gasteiger partial charge in [0.05, 0.1) is 12.0 Å². The van der Waals surface area contributed by atoms with E-state index < -0.39 is 41.5 Å². The van der Waals surface area contributed by atoms with Crippen LogP contribution in [-0.4, -0.2) is 70.8 Å². The molecule has 0 aliphatic carbocycles. The molecule has 0 aromatic heterocycles. The summed E-state index contributed by atoms with van der Waals surface area (Å²) in [7, 11) is 0. The Labute approximate surface area is 137 Å². The Bertz CT molecular complexity index is 500. The van der Waals surface area contributed by atoms with Gasteiger partial charge in [-0.3, -0.25) is 0 Å². The lowest BCUT2D eigenvalue weighted by molar-refractivity contribution is -0.159. The van der Waals surface area contributed by atoms with Crippen LogP contribution in [0.1, 0.15) is 27.2 Å². The molecular formula is C14H22F2N2O6. The first kappa shape index (κ1) is 20.1. The Kier molecular flexibility index (Phi) is 5.75. The van der Waals surface area contributed by atoms with Gasteiger partial charge in [0.15, 0.2) is 0 Å². The molecule has 2 fully saturated rings. The summed E-state index contributed by atoms with van der Waals surface area (Å²) in [6.45, 7) is 5.56. The van der Waals surface area contributed by atoms with Crippen molar-refractivity contribution in [2.24, 2.45) is 5.41 Å². The summed E-state index contributed by atoms with van der Waals surface area (Å²) in [5.41, 5.74) is -1.76. The second-order valence-corrected chi connectivity index (χ2v) is 6.86. The number of nitrogens with one attached hydrogen (secondary N) is 1. The molecule has 0 saturated carbocycles. The molecule has 1 atom stereocenters. The van der Waals surface area contributed by atoms with E-state index >= 15 is 0 Å². The molecule has 2 aliphatic heterocycles. The lowest BCUT2D eigenvalue weighted by Gasteiger charge is -2.28. The van der Waals surface area contributed by atoms with E-state index in [1.165, 1.54) is 0 Å². The van der Waals surface area contributed by atoms with Gasteiger partial charge in [0.1, 0.15) is 5.60 Å². The fourth-order valence-corrected chi connectivity index (χ4v) is 2.59. The number of likely N-dealkylation sites (tertiary alicyclic amines) is 1. The highest BCUT2D eigenvalue weighted by molar-refractivity contribution is 6.27. The molecule has 2 heterocycles. The zero-order valence-electron chi connectivity index (χ0n) is 13.8. The molecule has 0 bridgehead atoms. The van der Waals surface area contributed by atoms with Gasteiger partial charge < -0.3 is 25.2 Å². The minimum atomic E-state index is -2.84. The first-order chi connectivity index (χ1) is 10.8. The number of carbonyl (C=O) groups excluding carboxylic acids is 1.